The van der Waals surface area contributed by atoms with Crippen molar-refractivity contribution in [3.05, 3.63) is 23.5 Å². The Morgan fingerprint density at radius 3 is 2.44 bits per heavy atom. The number of rotatable bonds is 3. The molecule has 1 amide bonds. The third-order valence-corrected chi connectivity index (χ3v) is 3.43. The van der Waals surface area contributed by atoms with Crippen molar-refractivity contribution >= 4 is 5.91 Å². The number of hydrogen-bond acceptors (Lipinski definition) is 2. The van der Waals surface area contributed by atoms with Crippen molar-refractivity contribution in [3.8, 4) is 0 Å². The van der Waals surface area contributed by atoms with Crippen molar-refractivity contribution in [3.63, 3.8) is 0 Å². The lowest BCUT2D eigenvalue weighted by molar-refractivity contribution is -0.122. The molecule has 1 aliphatic heterocycles. The predicted octanol–water partition coefficient (Wildman–Crippen LogP) is 1.03. The zero-order valence-corrected chi connectivity index (χ0v) is 10.1. The molecule has 0 bridgehead atoms. The molecule has 1 unspecified atom stereocenters. The van der Waals surface area contributed by atoms with Gasteiger partial charge in [0.1, 0.15) is 0 Å². The average molecular weight is 221 g/mol. The summed E-state index contributed by atoms with van der Waals surface area (Å²) in [5, 5.41) is 3.19. The number of carbonyl (C=O) groups is 1. The maximum atomic E-state index is 12.0. The highest BCUT2D eigenvalue weighted by atomic mass is 16.2. The SMILES string of the molecule is Cc1ccc(C)n1NC(=O)C(C)C1CNC1. The average Bonchev–Trinajstić information content (AvgIpc) is 2.46. The fraction of sp³-hybridized carbons (Fsp3) is 0.583. The van der Waals surface area contributed by atoms with Gasteiger partial charge in [0.2, 0.25) is 5.91 Å². The van der Waals surface area contributed by atoms with Crippen LogP contribution in [0.3, 0.4) is 0 Å². The molecule has 88 valence electrons. The molecule has 16 heavy (non-hydrogen) atoms. The van der Waals surface area contributed by atoms with Crippen LogP contribution in [0, 0.1) is 25.7 Å². The van der Waals surface area contributed by atoms with Crippen molar-refractivity contribution < 1.29 is 4.79 Å². The summed E-state index contributed by atoms with van der Waals surface area (Å²) in [4.78, 5) is 12.0. The Hall–Kier alpha value is -1.29. The first-order valence-corrected chi connectivity index (χ1v) is 5.76. The molecular formula is C12H19N3O. The van der Waals surface area contributed by atoms with E-state index in [1.807, 2.05) is 37.6 Å². The van der Waals surface area contributed by atoms with Gasteiger partial charge in [-0.1, -0.05) is 6.92 Å². The minimum atomic E-state index is 0.0717. The molecule has 1 aromatic heterocycles. The Balaban J connectivity index is 2.01. The van der Waals surface area contributed by atoms with Gasteiger partial charge in [-0.25, -0.2) is 0 Å². The number of aromatic nitrogens is 1. The van der Waals surface area contributed by atoms with E-state index in [2.05, 4.69) is 10.7 Å². The molecule has 2 heterocycles. The van der Waals surface area contributed by atoms with Gasteiger partial charge >= 0.3 is 0 Å². The van der Waals surface area contributed by atoms with Crippen LogP contribution in [0.15, 0.2) is 12.1 Å². The van der Waals surface area contributed by atoms with Gasteiger partial charge in [-0.15, -0.1) is 0 Å². The molecule has 0 aromatic carbocycles. The standard InChI is InChI=1S/C12H19N3O/c1-8-4-5-9(2)15(8)14-12(16)10(3)11-6-13-7-11/h4-5,10-11,13H,6-7H2,1-3H3,(H,14,16). The smallest absolute Gasteiger partial charge is 0.242 e. The monoisotopic (exact) mass is 221 g/mol. The Labute approximate surface area is 96.0 Å². The summed E-state index contributed by atoms with van der Waals surface area (Å²) in [6.45, 7) is 7.89. The van der Waals surface area contributed by atoms with Gasteiger partial charge in [0.25, 0.3) is 0 Å². The number of nitrogens with zero attached hydrogens (tertiary/aromatic N) is 1. The molecule has 0 radical (unpaired) electrons. The van der Waals surface area contributed by atoms with E-state index in [-0.39, 0.29) is 11.8 Å². The third-order valence-electron chi connectivity index (χ3n) is 3.43. The first kappa shape index (κ1) is 11.2. The topological polar surface area (TPSA) is 46.1 Å². The highest BCUT2D eigenvalue weighted by molar-refractivity contribution is 5.86. The summed E-state index contributed by atoms with van der Waals surface area (Å²) in [5.41, 5.74) is 5.08. The Bertz CT molecular complexity index is 373. The van der Waals surface area contributed by atoms with Crippen LogP contribution < -0.4 is 10.7 Å². The van der Waals surface area contributed by atoms with Crippen molar-refractivity contribution in [2.75, 3.05) is 18.5 Å². The van der Waals surface area contributed by atoms with Crippen LogP contribution in [-0.2, 0) is 4.79 Å². The molecule has 1 fully saturated rings. The first-order valence-electron chi connectivity index (χ1n) is 5.76. The molecule has 4 nitrogen and oxygen atoms in total. The molecule has 4 heteroatoms. The number of aryl methyl sites for hydroxylation is 2. The van der Waals surface area contributed by atoms with Gasteiger partial charge < -0.3 is 5.32 Å². The minimum Gasteiger partial charge on any atom is -0.316 e. The largest absolute Gasteiger partial charge is 0.316 e. The zero-order chi connectivity index (χ0) is 11.7. The van der Waals surface area contributed by atoms with Gasteiger partial charge in [-0.3, -0.25) is 14.9 Å². The van der Waals surface area contributed by atoms with E-state index in [0.29, 0.717) is 5.92 Å². The lowest BCUT2D eigenvalue weighted by Gasteiger charge is -2.32. The van der Waals surface area contributed by atoms with Gasteiger partial charge in [-0.05, 0) is 45.0 Å². The fourth-order valence-electron chi connectivity index (χ4n) is 1.94. The van der Waals surface area contributed by atoms with E-state index in [4.69, 9.17) is 0 Å². The van der Waals surface area contributed by atoms with Gasteiger partial charge in [-0.2, -0.15) is 0 Å². The second kappa shape index (κ2) is 4.29. The van der Waals surface area contributed by atoms with Crippen LogP contribution in [0.2, 0.25) is 0 Å². The van der Waals surface area contributed by atoms with Crippen LogP contribution in [0.25, 0.3) is 0 Å². The summed E-state index contributed by atoms with van der Waals surface area (Å²) in [5.74, 6) is 0.660. The molecule has 2 N–H and O–H groups in total. The van der Waals surface area contributed by atoms with Gasteiger partial charge in [0.05, 0.1) is 0 Å². The van der Waals surface area contributed by atoms with E-state index >= 15 is 0 Å². The van der Waals surface area contributed by atoms with Crippen molar-refractivity contribution in [1.29, 1.82) is 0 Å². The zero-order valence-electron chi connectivity index (χ0n) is 10.1. The lowest BCUT2D eigenvalue weighted by atomic mass is 9.88. The van der Waals surface area contributed by atoms with E-state index < -0.39 is 0 Å². The van der Waals surface area contributed by atoms with Crippen molar-refractivity contribution in [2.45, 2.75) is 20.8 Å². The van der Waals surface area contributed by atoms with Crippen molar-refractivity contribution in [1.82, 2.24) is 9.99 Å². The molecule has 0 aliphatic carbocycles. The van der Waals surface area contributed by atoms with E-state index in [1.54, 1.807) is 0 Å². The predicted molar refractivity (Wildman–Crippen MR) is 63.8 cm³/mol. The first-order chi connectivity index (χ1) is 7.59. The van der Waals surface area contributed by atoms with E-state index in [1.165, 1.54) is 0 Å². The Kier molecular flexibility index (Phi) is 3.01. The molecule has 1 aliphatic rings. The van der Waals surface area contributed by atoms with Crippen LogP contribution in [0.1, 0.15) is 18.3 Å². The summed E-state index contributed by atoms with van der Waals surface area (Å²) in [6.07, 6.45) is 0. The Morgan fingerprint density at radius 2 is 2.00 bits per heavy atom. The number of nitrogens with one attached hydrogen (secondary N) is 2. The third kappa shape index (κ3) is 1.97. The van der Waals surface area contributed by atoms with Gasteiger partial charge in [0.15, 0.2) is 0 Å². The normalized spacial score (nSPS) is 17.9. The van der Waals surface area contributed by atoms with Crippen LogP contribution >= 0.6 is 0 Å². The molecule has 2 rings (SSSR count). The second-order valence-electron chi connectivity index (χ2n) is 4.63. The molecular weight excluding hydrogens is 202 g/mol. The highest BCUT2D eigenvalue weighted by Crippen LogP contribution is 2.16. The molecule has 0 spiro atoms. The highest BCUT2D eigenvalue weighted by Gasteiger charge is 2.28. The summed E-state index contributed by atoms with van der Waals surface area (Å²) in [7, 11) is 0. The van der Waals surface area contributed by atoms with Crippen molar-refractivity contribution in [2.24, 2.45) is 11.8 Å². The van der Waals surface area contributed by atoms with Crippen LogP contribution in [0.5, 0.6) is 0 Å². The number of hydrogen-bond donors (Lipinski definition) is 2. The molecule has 1 saturated heterocycles. The maximum absolute atomic E-state index is 12.0. The fourth-order valence-corrected chi connectivity index (χ4v) is 1.94. The van der Waals surface area contributed by atoms with Crippen LogP contribution in [-0.4, -0.2) is 23.7 Å². The summed E-state index contributed by atoms with van der Waals surface area (Å²) in [6, 6.07) is 4.01. The lowest BCUT2D eigenvalue weighted by Crippen LogP contribution is -2.49. The number of amides is 1. The maximum Gasteiger partial charge on any atom is 0.242 e. The van der Waals surface area contributed by atoms with Crippen LogP contribution in [0.4, 0.5) is 0 Å². The Morgan fingerprint density at radius 1 is 1.44 bits per heavy atom. The quantitative estimate of drug-likeness (QED) is 0.801. The molecule has 1 atom stereocenters. The summed E-state index contributed by atoms with van der Waals surface area (Å²) >= 11 is 0. The number of carbonyl (C=O) groups excluding carboxylic acids is 1. The molecule has 1 aromatic rings. The van der Waals surface area contributed by atoms with E-state index in [9.17, 15) is 4.79 Å². The van der Waals surface area contributed by atoms with Gasteiger partial charge in [0, 0.05) is 17.3 Å². The second-order valence-corrected chi connectivity index (χ2v) is 4.63. The van der Waals surface area contributed by atoms with E-state index in [0.717, 1.165) is 24.5 Å². The minimum absolute atomic E-state index is 0.0717. The molecule has 0 saturated carbocycles. The summed E-state index contributed by atoms with van der Waals surface area (Å²) < 4.78 is 1.85.